The van der Waals surface area contributed by atoms with Crippen LogP contribution in [0.4, 0.5) is 0 Å². The summed E-state index contributed by atoms with van der Waals surface area (Å²) < 4.78 is 11.5. The maximum atomic E-state index is 5.75. The van der Waals surface area contributed by atoms with E-state index in [1.54, 1.807) is 0 Å². The van der Waals surface area contributed by atoms with Crippen molar-refractivity contribution in [3.63, 3.8) is 0 Å². The Morgan fingerprint density at radius 3 is 2.87 bits per heavy atom. The van der Waals surface area contributed by atoms with Crippen molar-refractivity contribution in [2.75, 3.05) is 44.4 Å². The predicted molar refractivity (Wildman–Crippen MR) is 63.3 cm³/mol. The Morgan fingerprint density at radius 2 is 2.13 bits per heavy atom. The first-order valence-corrected chi connectivity index (χ1v) is 7.08. The number of piperidine rings is 1. The van der Waals surface area contributed by atoms with Gasteiger partial charge in [-0.05, 0) is 18.7 Å². The Morgan fingerprint density at radius 1 is 1.33 bits per heavy atom. The van der Waals surface area contributed by atoms with E-state index >= 15 is 0 Å². The number of rotatable bonds is 4. The smallest absolute Gasteiger partial charge is 0.181 e. The Kier molecular flexibility index (Phi) is 4.31. The molecule has 0 atom stereocenters. The third-order valence-electron chi connectivity index (χ3n) is 3.07. The van der Waals surface area contributed by atoms with E-state index < -0.39 is 0 Å². The van der Waals surface area contributed by atoms with Gasteiger partial charge in [-0.1, -0.05) is 6.92 Å². The van der Waals surface area contributed by atoms with E-state index in [-0.39, 0.29) is 5.79 Å². The standard InChI is InChI=1S/C11H21NO2S/c1-2-15-9-6-12-5-3-4-11(10-12)13-7-8-14-11/h2-10H2,1H3. The van der Waals surface area contributed by atoms with Crippen LogP contribution in [0.15, 0.2) is 0 Å². The third kappa shape index (κ3) is 3.09. The summed E-state index contributed by atoms with van der Waals surface area (Å²) in [6.07, 6.45) is 2.28. The summed E-state index contributed by atoms with van der Waals surface area (Å²) in [4.78, 5) is 2.48. The molecule has 2 rings (SSSR count). The van der Waals surface area contributed by atoms with Crippen LogP contribution in [0, 0.1) is 0 Å². The second-order valence-electron chi connectivity index (χ2n) is 4.18. The van der Waals surface area contributed by atoms with Crippen molar-refractivity contribution in [3.05, 3.63) is 0 Å². The number of ether oxygens (including phenoxy) is 2. The first-order chi connectivity index (χ1) is 7.35. The summed E-state index contributed by atoms with van der Waals surface area (Å²) in [6.45, 7) is 7.11. The quantitative estimate of drug-likeness (QED) is 0.685. The summed E-state index contributed by atoms with van der Waals surface area (Å²) in [5, 5.41) is 0. The Labute approximate surface area is 96.5 Å². The van der Waals surface area contributed by atoms with Crippen LogP contribution in [0.1, 0.15) is 19.8 Å². The number of hydrogen-bond donors (Lipinski definition) is 0. The second-order valence-corrected chi connectivity index (χ2v) is 5.58. The van der Waals surface area contributed by atoms with Crippen molar-refractivity contribution in [1.82, 2.24) is 4.90 Å². The molecule has 0 aromatic carbocycles. The van der Waals surface area contributed by atoms with Gasteiger partial charge >= 0.3 is 0 Å². The van der Waals surface area contributed by atoms with Gasteiger partial charge in [0.2, 0.25) is 0 Å². The van der Waals surface area contributed by atoms with Crippen LogP contribution < -0.4 is 0 Å². The molecule has 2 heterocycles. The van der Waals surface area contributed by atoms with Crippen molar-refractivity contribution >= 4 is 11.8 Å². The average Bonchev–Trinajstić information content (AvgIpc) is 2.67. The van der Waals surface area contributed by atoms with Crippen LogP contribution >= 0.6 is 11.8 Å². The monoisotopic (exact) mass is 231 g/mol. The highest BCUT2D eigenvalue weighted by atomic mass is 32.2. The van der Waals surface area contributed by atoms with Gasteiger partial charge in [0.15, 0.2) is 5.79 Å². The lowest BCUT2D eigenvalue weighted by Gasteiger charge is -2.38. The molecular weight excluding hydrogens is 210 g/mol. The molecule has 0 aromatic rings. The maximum absolute atomic E-state index is 5.75. The minimum atomic E-state index is -0.241. The average molecular weight is 231 g/mol. The Hall–Kier alpha value is 0.230. The van der Waals surface area contributed by atoms with Crippen LogP contribution in [0.3, 0.4) is 0 Å². The molecule has 0 aromatic heterocycles. The molecule has 0 amide bonds. The van der Waals surface area contributed by atoms with Crippen molar-refractivity contribution < 1.29 is 9.47 Å². The van der Waals surface area contributed by atoms with E-state index in [2.05, 4.69) is 11.8 Å². The van der Waals surface area contributed by atoms with E-state index in [0.29, 0.717) is 0 Å². The van der Waals surface area contributed by atoms with Gasteiger partial charge in [0.25, 0.3) is 0 Å². The summed E-state index contributed by atoms with van der Waals surface area (Å²) in [5.41, 5.74) is 0. The molecule has 2 aliphatic rings. The molecule has 2 saturated heterocycles. The van der Waals surface area contributed by atoms with Crippen LogP contribution in [0.2, 0.25) is 0 Å². The van der Waals surface area contributed by atoms with E-state index in [4.69, 9.17) is 9.47 Å². The molecule has 0 radical (unpaired) electrons. The number of nitrogens with zero attached hydrogens (tertiary/aromatic N) is 1. The summed E-state index contributed by atoms with van der Waals surface area (Å²) in [5.74, 6) is 2.20. The maximum Gasteiger partial charge on any atom is 0.181 e. The number of likely N-dealkylation sites (tertiary alicyclic amines) is 1. The first kappa shape index (κ1) is 11.7. The highest BCUT2D eigenvalue weighted by molar-refractivity contribution is 7.99. The van der Waals surface area contributed by atoms with E-state index in [0.717, 1.165) is 26.2 Å². The molecule has 4 heteroatoms. The molecule has 15 heavy (non-hydrogen) atoms. The van der Waals surface area contributed by atoms with Crippen molar-refractivity contribution in [2.45, 2.75) is 25.6 Å². The van der Waals surface area contributed by atoms with Crippen molar-refractivity contribution in [2.24, 2.45) is 0 Å². The summed E-state index contributed by atoms with van der Waals surface area (Å²) in [7, 11) is 0. The zero-order valence-corrected chi connectivity index (χ0v) is 10.4. The fraction of sp³-hybridized carbons (Fsp3) is 1.00. The fourth-order valence-electron chi connectivity index (χ4n) is 2.33. The molecule has 88 valence electrons. The molecule has 0 unspecified atom stereocenters. The van der Waals surface area contributed by atoms with E-state index in [1.165, 1.54) is 31.0 Å². The Bertz CT molecular complexity index is 195. The lowest BCUT2D eigenvalue weighted by Crippen LogP contribution is -2.49. The Balaban J connectivity index is 1.76. The predicted octanol–water partition coefficient (Wildman–Crippen LogP) is 1.58. The van der Waals surface area contributed by atoms with Gasteiger partial charge in [0.05, 0.1) is 19.8 Å². The van der Waals surface area contributed by atoms with Crippen LogP contribution in [0.25, 0.3) is 0 Å². The summed E-state index contributed by atoms with van der Waals surface area (Å²) >= 11 is 2.01. The highest BCUT2D eigenvalue weighted by Crippen LogP contribution is 2.29. The van der Waals surface area contributed by atoms with Gasteiger partial charge in [-0.15, -0.1) is 0 Å². The zero-order valence-electron chi connectivity index (χ0n) is 9.54. The van der Waals surface area contributed by atoms with Gasteiger partial charge in [-0.25, -0.2) is 0 Å². The largest absolute Gasteiger partial charge is 0.346 e. The van der Waals surface area contributed by atoms with Gasteiger partial charge in [-0.2, -0.15) is 11.8 Å². The lowest BCUT2D eigenvalue weighted by molar-refractivity contribution is -0.188. The fourth-order valence-corrected chi connectivity index (χ4v) is 3.01. The van der Waals surface area contributed by atoms with E-state index in [1.807, 2.05) is 11.8 Å². The highest BCUT2D eigenvalue weighted by Gasteiger charge is 2.40. The van der Waals surface area contributed by atoms with Gasteiger partial charge in [0, 0.05) is 18.7 Å². The first-order valence-electron chi connectivity index (χ1n) is 5.93. The van der Waals surface area contributed by atoms with Crippen LogP contribution in [-0.4, -0.2) is 55.0 Å². The van der Waals surface area contributed by atoms with Gasteiger partial charge in [-0.3, -0.25) is 4.90 Å². The number of thioether (sulfide) groups is 1. The summed E-state index contributed by atoms with van der Waals surface area (Å²) in [6, 6.07) is 0. The molecule has 1 spiro atoms. The minimum Gasteiger partial charge on any atom is -0.346 e. The molecule has 3 nitrogen and oxygen atoms in total. The van der Waals surface area contributed by atoms with Gasteiger partial charge < -0.3 is 9.47 Å². The molecular formula is C11H21NO2S. The SMILES string of the molecule is CCSCCN1CCCC2(C1)OCCO2. The molecule has 2 aliphatic heterocycles. The van der Waals surface area contributed by atoms with E-state index in [9.17, 15) is 0 Å². The minimum absolute atomic E-state index is 0.241. The molecule has 0 bridgehead atoms. The van der Waals surface area contributed by atoms with Crippen LogP contribution in [-0.2, 0) is 9.47 Å². The lowest BCUT2D eigenvalue weighted by atomic mass is 10.0. The molecule has 0 N–H and O–H groups in total. The van der Waals surface area contributed by atoms with Crippen molar-refractivity contribution in [3.8, 4) is 0 Å². The zero-order chi connectivity index (χ0) is 10.6. The third-order valence-corrected chi connectivity index (χ3v) is 3.95. The second kappa shape index (κ2) is 5.53. The molecule has 0 aliphatic carbocycles. The topological polar surface area (TPSA) is 21.7 Å². The van der Waals surface area contributed by atoms with Gasteiger partial charge in [0.1, 0.15) is 0 Å². The van der Waals surface area contributed by atoms with Crippen molar-refractivity contribution in [1.29, 1.82) is 0 Å². The molecule has 2 fully saturated rings. The van der Waals surface area contributed by atoms with Crippen LogP contribution in [0.5, 0.6) is 0 Å². The molecule has 0 saturated carbocycles. The number of hydrogen-bond acceptors (Lipinski definition) is 4. The normalized spacial score (nSPS) is 26.2.